The number of hydrogen-bond acceptors (Lipinski definition) is 4. The van der Waals surface area contributed by atoms with Gasteiger partial charge in [0.1, 0.15) is 0 Å². The van der Waals surface area contributed by atoms with Crippen LogP contribution in [0.15, 0.2) is 0 Å². The van der Waals surface area contributed by atoms with Gasteiger partial charge in [-0.25, -0.2) is 0 Å². The van der Waals surface area contributed by atoms with E-state index in [2.05, 4.69) is 23.6 Å². The highest BCUT2D eigenvalue weighted by Gasteiger charge is 2.21. The molecule has 0 aliphatic carbocycles. The summed E-state index contributed by atoms with van der Waals surface area (Å²) < 4.78 is 0. The van der Waals surface area contributed by atoms with Crippen molar-refractivity contribution in [2.45, 2.75) is 65.2 Å². The Hall–Kier alpha value is -0.850. The van der Waals surface area contributed by atoms with Gasteiger partial charge in [0.05, 0.1) is 0 Å². The summed E-state index contributed by atoms with van der Waals surface area (Å²) in [6.45, 7) is 11.1. The van der Waals surface area contributed by atoms with E-state index < -0.39 is 11.9 Å². The van der Waals surface area contributed by atoms with E-state index in [4.69, 9.17) is 10.2 Å². The molecule has 0 radical (unpaired) electrons. The average Bonchev–Trinajstić information content (AvgIpc) is 2.59. The fourth-order valence-corrected chi connectivity index (χ4v) is 3.95. The van der Waals surface area contributed by atoms with Gasteiger partial charge in [0.25, 0.3) is 0 Å². The maximum absolute atomic E-state index is 10.5. The Morgan fingerprint density at radius 2 is 1.04 bits per heavy atom. The van der Waals surface area contributed by atoms with Gasteiger partial charge in [-0.1, -0.05) is 13.8 Å². The number of carboxylic acids is 2. The van der Waals surface area contributed by atoms with Gasteiger partial charge in [0.15, 0.2) is 0 Å². The standard InChI is InChI=1S/2C10H19NO2.ClH/c2*1-2-5-11-6-3-9(4-7-11)8-10(12)13;/h2*9H,2-8H2,1H3,(H,12,13);1H. The molecule has 0 bridgehead atoms. The molecule has 0 spiro atoms. The van der Waals surface area contributed by atoms with Crippen LogP contribution in [0.25, 0.3) is 0 Å². The number of rotatable bonds is 8. The van der Waals surface area contributed by atoms with Crippen molar-refractivity contribution in [3.8, 4) is 0 Å². The van der Waals surface area contributed by atoms with Crippen LogP contribution in [-0.2, 0) is 9.59 Å². The summed E-state index contributed by atoms with van der Waals surface area (Å²) in [6.07, 6.45) is 7.37. The first-order valence-corrected chi connectivity index (χ1v) is 10.3. The first kappa shape index (κ1) is 26.1. The number of piperidine rings is 2. The molecule has 2 fully saturated rings. The molecule has 2 rings (SSSR count). The van der Waals surface area contributed by atoms with Crippen molar-refractivity contribution in [2.75, 3.05) is 39.3 Å². The molecule has 0 unspecified atom stereocenters. The lowest BCUT2D eigenvalue weighted by Crippen LogP contribution is -2.34. The summed E-state index contributed by atoms with van der Waals surface area (Å²) in [5.74, 6) is -0.445. The highest BCUT2D eigenvalue weighted by atomic mass is 35.5. The molecule has 27 heavy (non-hydrogen) atoms. The van der Waals surface area contributed by atoms with Crippen molar-refractivity contribution in [3.63, 3.8) is 0 Å². The second kappa shape index (κ2) is 15.1. The molecule has 2 saturated heterocycles. The number of carbonyl (C=O) groups is 2. The monoisotopic (exact) mass is 406 g/mol. The number of nitrogens with zero attached hydrogens (tertiary/aromatic N) is 2. The molecule has 7 heteroatoms. The van der Waals surface area contributed by atoms with E-state index in [-0.39, 0.29) is 12.4 Å². The number of halogens is 1. The van der Waals surface area contributed by atoms with E-state index >= 15 is 0 Å². The number of hydrogen-bond donors (Lipinski definition) is 2. The molecule has 0 atom stereocenters. The lowest BCUT2D eigenvalue weighted by molar-refractivity contribution is -0.139. The largest absolute Gasteiger partial charge is 0.481 e. The SMILES string of the molecule is CCCN1CCC(CC(=O)O)CC1.CCCN1CCC(CC(=O)O)CC1.Cl. The third-order valence-electron chi connectivity index (χ3n) is 5.42. The van der Waals surface area contributed by atoms with Gasteiger partial charge in [-0.2, -0.15) is 0 Å². The van der Waals surface area contributed by atoms with Crippen LogP contribution in [0.2, 0.25) is 0 Å². The first-order valence-electron chi connectivity index (χ1n) is 10.3. The first-order chi connectivity index (χ1) is 12.4. The minimum atomic E-state index is -0.644. The van der Waals surface area contributed by atoms with Crippen LogP contribution in [0.3, 0.4) is 0 Å². The van der Waals surface area contributed by atoms with Crippen molar-refractivity contribution in [2.24, 2.45) is 11.8 Å². The van der Waals surface area contributed by atoms with Gasteiger partial charge < -0.3 is 20.0 Å². The zero-order valence-corrected chi connectivity index (χ0v) is 17.9. The third-order valence-corrected chi connectivity index (χ3v) is 5.42. The molecule has 2 aliphatic rings. The van der Waals surface area contributed by atoms with E-state index in [1.54, 1.807) is 0 Å². The lowest BCUT2D eigenvalue weighted by atomic mass is 9.93. The van der Waals surface area contributed by atoms with Gasteiger partial charge in [0.2, 0.25) is 0 Å². The zero-order chi connectivity index (χ0) is 19.4. The molecule has 0 amide bonds. The minimum absolute atomic E-state index is 0. The smallest absolute Gasteiger partial charge is 0.303 e. The maximum atomic E-state index is 10.5. The van der Waals surface area contributed by atoms with E-state index in [1.165, 1.54) is 25.9 Å². The van der Waals surface area contributed by atoms with Gasteiger partial charge in [-0.15, -0.1) is 12.4 Å². The van der Waals surface area contributed by atoms with Gasteiger partial charge in [0, 0.05) is 12.8 Å². The highest BCUT2D eigenvalue weighted by Crippen LogP contribution is 2.21. The van der Waals surface area contributed by atoms with Crippen LogP contribution in [0.4, 0.5) is 0 Å². The van der Waals surface area contributed by atoms with Crippen LogP contribution < -0.4 is 0 Å². The summed E-state index contributed by atoms with van der Waals surface area (Å²) in [6, 6.07) is 0. The molecule has 0 aromatic rings. The molecular formula is C20H39ClN2O4. The fourth-order valence-electron chi connectivity index (χ4n) is 3.95. The average molecular weight is 407 g/mol. The predicted octanol–water partition coefficient (Wildman–Crippen LogP) is 3.59. The van der Waals surface area contributed by atoms with Crippen molar-refractivity contribution >= 4 is 24.3 Å². The minimum Gasteiger partial charge on any atom is -0.481 e. The van der Waals surface area contributed by atoms with Crippen LogP contribution in [0.5, 0.6) is 0 Å². The topological polar surface area (TPSA) is 81.1 Å². The summed E-state index contributed by atoms with van der Waals surface area (Å²) >= 11 is 0. The third kappa shape index (κ3) is 12.3. The molecule has 2 heterocycles. The van der Waals surface area contributed by atoms with Crippen molar-refractivity contribution in [1.29, 1.82) is 0 Å². The Balaban J connectivity index is 0.000000483. The summed E-state index contributed by atoms with van der Waals surface area (Å²) in [5, 5.41) is 17.2. The number of likely N-dealkylation sites (tertiary alicyclic amines) is 2. The zero-order valence-electron chi connectivity index (χ0n) is 17.1. The molecule has 2 aliphatic heterocycles. The molecule has 0 aromatic carbocycles. The number of aliphatic carboxylic acids is 2. The van der Waals surface area contributed by atoms with Crippen LogP contribution in [-0.4, -0.2) is 71.2 Å². The van der Waals surface area contributed by atoms with Gasteiger partial charge in [-0.3, -0.25) is 9.59 Å². The summed E-state index contributed by atoms with van der Waals surface area (Å²) in [7, 11) is 0. The maximum Gasteiger partial charge on any atom is 0.303 e. The Morgan fingerprint density at radius 3 is 1.26 bits per heavy atom. The van der Waals surface area contributed by atoms with E-state index in [0.717, 1.165) is 51.9 Å². The van der Waals surface area contributed by atoms with Gasteiger partial charge >= 0.3 is 11.9 Å². The summed E-state index contributed by atoms with van der Waals surface area (Å²) in [4.78, 5) is 25.8. The Labute approximate surface area is 170 Å². The Kier molecular flexibility index (Phi) is 14.6. The van der Waals surface area contributed by atoms with Crippen LogP contribution in [0.1, 0.15) is 65.2 Å². The van der Waals surface area contributed by atoms with E-state index in [1.807, 2.05) is 0 Å². The molecule has 0 saturated carbocycles. The lowest BCUT2D eigenvalue weighted by Gasteiger charge is -2.30. The predicted molar refractivity (Wildman–Crippen MR) is 111 cm³/mol. The van der Waals surface area contributed by atoms with Crippen LogP contribution >= 0.6 is 12.4 Å². The molecule has 160 valence electrons. The summed E-state index contributed by atoms with van der Waals surface area (Å²) in [5.41, 5.74) is 0. The van der Waals surface area contributed by atoms with Crippen molar-refractivity contribution in [3.05, 3.63) is 0 Å². The second-order valence-electron chi connectivity index (χ2n) is 7.77. The van der Waals surface area contributed by atoms with E-state index in [9.17, 15) is 9.59 Å². The molecule has 2 N–H and O–H groups in total. The van der Waals surface area contributed by atoms with Crippen molar-refractivity contribution < 1.29 is 19.8 Å². The highest BCUT2D eigenvalue weighted by molar-refractivity contribution is 5.85. The normalized spacial score (nSPS) is 19.6. The number of carboxylic acid groups (broad SMARTS) is 2. The second-order valence-corrected chi connectivity index (χ2v) is 7.77. The molecular weight excluding hydrogens is 368 g/mol. The van der Waals surface area contributed by atoms with E-state index in [0.29, 0.717) is 24.7 Å². The van der Waals surface area contributed by atoms with Gasteiger partial charge in [-0.05, 0) is 89.6 Å². The molecule has 6 nitrogen and oxygen atoms in total. The van der Waals surface area contributed by atoms with Crippen LogP contribution in [0, 0.1) is 11.8 Å². The Bertz CT molecular complexity index is 369. The van der Waals surface area contributed by atoms with Crippen molar-refractivity contribution in [1.82, 2.24) is 9.80 Å². The quantitative estimate of drug-likeness (QED) is 0.641. The fraction of sp³-hybridized carbons (Fsp3) is 0.900. The molecule has 0 aromatic heterocycles. The Morgan fingerprint density at radius 1 is 0.741 bits per heavy atom.